The molecule has 0 atom stereocenters. The van der Waals surface area contributed by atoms with Crippen LogP contribution in [0.5, 0.6) is 0 Å². The average molecular weight is 486 g/mol. The van der Waals surface area contributed by atoms with Crippen molar-refractivity contribution in [3.05, 3.63) is 24.8 Å². The van der Waals surface area contributed by atoms with Gasteiger partial charge in [-0.05, 0) is 6.92 Å². The van der Waals surface area contributed by atoms with Crippen LogP contribution in [0.15, 0.2) is 24.8 Å². The van der Waals surface area contributed by atoms with Crippen LogP contribution in [0.3, 0.4) is 0 Å². The number of methoxy groups -OCH3 is 4. The Morgan fingerprint density at radius 3 is 1.39 bits per heavy atom. The van der Waals surface area contributed by atoms with Crippen molar-refractivity contribution in [3.8, 4) is 0 Å². The molecule has 0 aliphatic rings. The molecule has 0 saturated carbocycles. The third-order valence-corrected chi connectivity index (χ3v) is 1.99. The van der Waals surface area contributed by atoms with E-state index in [0.29, 0.717) is 5.57 Å². The second-order valence-corrected chi connectivity index (χ2v) is 4.38. The van der Waals surface area contributed by atoms with E-state index in [0.717, 1.165) is 20.3 Å². The molecule has 0 aliphatic heterocycles. The van der Waals surface area contributed by atoms with E-state index in [1.54, 1.807) is 6.92 Å². The van der Waals surface area contributed by atoms with Crippen molar-refractivity contribution in [2.24, 2.45) is 0 Å². The first-order chi connectivity index (χ1) is 13.8. The van der Waals surface area contributed by atoms with E-state index in [2.05, 4.69) is 32.1 Å². The Morgan fingerprint density at radius 2 is 1.27 bits per heavy atom. The van der Waals surface area contributed by atoms with Gasteiger partial charge < -0.3 is 34.5 Å². The summed E-state index contributed by atoms with van der Waals surface area (Å²) in [4.78, 5) is 59.6. The zero-order valence-corrected chi connectivity index (χ0v) is 17.4. The number of amides is 1. The monoisotopic (exact) mass is 485 g/mol. The number of aliphatic carboxylic acids is 2. The summed E-state index contributed by atoms with van der Waals surface area (Å²) in [5, 5.41) is 17.9. The topological polar surface area (TPSA) is 192 Å². The summed E-state index contributed by atoms with van der Waals surface area (Å²) >= 11 is 0. The molecule has 0 bridgehead atoms. The van der Waals surface area contributed by atoms with Gasteiger partial charge in [0.05, 0.1) is 28.4 Å². The molecule has 0 radical (unpaired) electrons. The quantitative estimate of drug-likeness (QED) is 0.215. The number of hydrogen-bond acceptors (Lipinski definition) is 10. The molecular formula is C20H39NO12. The number of ether oxygens (including phenoxy) is 4. The van der Waals surface area contributed by atoms with Crippen molar-refractivity contribution < 1.29 is 57.9 Å². The van der Waals surface area contributed by atoms with Gasteiger partial charge in [-0.25, -0.2) is 14.4 Å². The summed E-state index contributed by atoms with van der Waals surface area (Å²) in [6.07, 6.45) is -0.186. The molecule has 0 saturated heterocycles. The molecule has 0 spiro atoms. The van der Waals surface area contributed by atoms with Gasteiger partial charge in [0.15, 0.2) is 0 Å². The van der Waals surface area contributed by atoms with Crippen LogP contribution in [0, 0.1) is 0 Å². The smallest absolute Gasteiger partial charge is 0.407 e. The van der Waals surface area contributed by atoms with Crippen molar-refractivity contribution >= 4 is 35.9 Å². The number of carboxylic acids is 2. The van der Waals surface area contributed by atoms with Crippen LogP contribution >= 0.6 is 0 Å². The fourth-order valence-corrected chi connectivity index (χ4v) is 0.673. The highest BCUT2D eigenvalue weighted by atomic mass is 16.5. The van der Waals surface area contributed by atoms with Crippen LogP contribution in [0.25, 0.3) is 0 Å². The predicted octanol–water partition coefficient (Wildman–Crippen LogP) is 2.05. The van der Waals surface area contributed by atoms with Crippen molar-refractivity contribution in [1.29, 1.82) is 0 Å². The fraction of sp³-hybridized carbons (Fsp3) is 0.500. The number of rotatable bonds is 6. The van der Waals surface area contributed by atoms with Gasteiger partial charge in [-0.2, -0.15) is 0 Å². The highest BCUT2D eigenvalue weighted by Crippen LogP contribution is 1.87. The van der Waals surface area contributed by atoms with Crippen LogP contribution in [-0.2, 0) is 42.9 Å². The van der Waals surface area contributed by atoms with E-state index >= 15 is 0 Å². The van der Waals surface area contributed by atoms with Gasteiger partial charge in [0.1, 0.15) is 13.0 Å². The van der Waals surface area contributed by atoms with E-state index in [1.165, 1.54) is 14.2 Å². The molecule has 0 rings (SSSR count). The van der Waals surface area contributed by atoms with Gasteiger partial charge >= 0.3 is 35.9 Å². The highest BCUT2D eigenvalue weighted by Gasteiger charge is 2.04. The summed E-state index contributed by atoms with van der Waals surface area (Å²) in [5.41, 5.74) is 0.433. The molecule has 0 aliphatic carbocycles. The molecule has 3 N–H and O–H groups in total. The molecular weight excluding hydrogens is 446 g/mol. The lowest BCUT2D eigenvalue weighted by Crippen LogP contribution is -2.28. The Hall–Kier alpha value is -3.90. The average Bonchev–Trinajstić information content (AvgIpc) is 2.71. The Balaban J connectivity index is -0.0000000535. The Labute approximate surface area is 195 Å². The first-order valence-electron chi connectivity index (χ1n) is 7.59. The Kier molecular flexibility index (Phi) is 46.7. The third-order valence-electron chi connectivity index (χ3n) is 1.99. The lowest BCUT2D eigenvalue weighted by Gasteiger charge is -1.96. The van der Waals surface area contributed by atoms with E-state index in [1.807, 2.05) is 5.32 Å². The molecule has 0 aromatic rings. The standard InChI is InChI=1S/C5H8O2.C4H7NO4.C4H6O4.C4H6O2.3CH4/c1-4(2)5(6)7-3;1-9-4(8)5-2-3(6)7;1-8-4(7)2-3(5)6;1-3-4(5)6-2;;;/h1H2,2-3H3;2H2,1H3,(H,5,8)(H,6,7);2H2,1H3,(H,5,6);3H,1H2,2H3;3*1H4. The second kappa shape index (κ2) is 32.8. The molecule has 0 unspecified atom stereocenters. The maximum absolute atomic E-state index is 10.2. The summed E-state index contributed by atoms with van der Waals surface area (Å²) in [6.45, 7) is 7.70. The van der Waals surface area contributed by atoms with Gasteiger partial charge in [0, 0.05) is 11.6 Å². The van der Waals surface area contributed by atoms with Gasteiger partial charge in [-0.3, -0.25) is 14.4 Å². The maximum atomic E-state index is 10.2. The van der Waals surface area contributed by atoms with Crippen LogP contribution in [0.4, 0.5) is 4.79 Å². The second-order valence-electron chi connectivity index (χ2n) is 4.38. The van der Waals surface area contributed by atoms with Crippen molar-refractivity contribution in [1.82, 2.24) is 5.32 Å². The zero-order valence-electron chi connectivity index (χ0n) is 17.4. The summed E-state index contributed by atoms with van der Waals surface area (Å²) in [7, 11) is 4.95. The SMILES string of the molecule is C.C.C.C=C(C)C(=O)OC.C=CC(=O)OC.COC(=O)CC(=O)O.COC(=O)NCC(=O)O. The van der Waals surface area contributed by atoms with Gasteiger partial charge in [-0.15, -0.1) is 0 Å². The van der Waals surface area contributed by atoms with Crippen molar-refractivity contribution in [2.45, 2.75) is 35.6 Å². The highest BCUT2D eigenvalue weighted by molar-refractivity contribution is 5.90. The molecule has 13 nitrogen and oxygen atoms in total. The number of carbonyl (C=O) groups excluding carboxylic acids is 4. The van der Waals surface area contributed by atoms with E-state index < -0.39 is 42.9 Å². The predicted molar refractivity (Wildman–Crippen MR) is 122 cm³/mol. The number of hydrogen-bond donors (Lipinski definition) is 3. The van der Waals surface area contributed by atoms with E-state index in [4.69, 9.17) is 10.2 Å². The van der Waals surface area contributed by atoms with Gasteiger partial charge in [0.25, 0.3) is 0 Å². The minimum Gasteiger partial charge on any atom is -0.481 e. The fourth-order valence-electron chi connectivity index (χ4n) is 0.673. The molecule has 196 valence electrons. The number of carboxylic acid groups (broad SMARTS) is 2. The first kappa shape index (κ1) is 47.0. The number of carbonyl (C=O) groups is 6. The Morgan fingerprint density at radius 1 is 0.818 bits per heavy atom. The molecule has 0 aromatic carbocycles. The minimum atomic E-state index is -1.17. The molecule has 33 heavy (non-hydrogen) atoms. The van der Waals surface area contributed by atoms with Crippen molar-refractivity contribution in [2.75, 3.05) is 35.0 Å². The van der Waals surface area contributed by atoms with Crippen LogP contribution in [0.2, 0.25) is 0 Å². The van der Waals surface area contributed by atoms with E-state index in [9.17, 15) is 28.8 Å². The van der Waals surface area contributed by atoms with Gasteiger partial charge in [-0.1, -0.05) is 35.4 Å². The lowest BCUT2D eigenvalue weighted by molar-refractivity contribution is -0.149. The molecule has 0 aromatic heterocycles. The largest absolute Gasteiger partial charge is 0.481 e. The number of nitrogens with one attached hydrogen (secondary N) is 1. The summed E-state index contributed by atoms with van der Waals surface area (Å²) in [6, 6.07) is 0. The maximum Gasteiger partial charge on any atom is 0.407 e. The van der Waals surface area contributed by atoms with Crippen molar-refractivity contribution in [3.63, 3.8) is 0 Å². The minimum absolute atomic E-state index is 0. The van der Waals surface area contributed by atoms with Gasteiger partial charge in [0.2, 0.25) is 0 Å². The third kappa shape index (κ3) is 52.5. The molecule has 13 heteroatoms. The lowest BCUT2D eigenvalue weighted by atomic mass is 10.4. The Bertz CT molecular complexity index is 600. The normalized spacial score (nSPS) is 7.06. The van der Waals surface area contributed by atoms with Crippen LogP contribution in [-0.4, -0.2) is 81.1 Å². The summed E-state index contributed by atoms with van der Waals surface area (Å²) in [5.74, 6) is -3.73. The summed E-state index contributed by atoms with van der Waals surface area (Å²) < 4.78 is 16.5. The number of alkyl carbamates (subject to hydrolysis) is 1. The van der Waals surface area contributed by atoms with E-state index in [-0.39, 0.29) is 28.2 Å². The first-order valence-corrected chi connectivity index (χ1v) is 7.59. The number of esters is 3. The molecule has 1 amide bonds. The zero-order chi connectivity index (χ0) is 24.7. The molecule has 0 fully saturated rings. The van der Waals surface area contributed by atoms with Crippen LogP contribution in [0.1, 0.15) is 35.6 Å². The molecule has 0 heterocycles. The van der Waals surface area contributed by atoms with Crippen LogP contribution < -0.4 is 5.32 Å².